The molecular weight excluding hydrogens is 1090 g/mol. The second kappa shape index (κ2) is 53.3. The highest BCUT2D eigenvalue weighted by Crippen LogP contribution is 2.45. The van der Waals surface area contributed by atoms with E-state index in [0.717, 1.165) is 109 Å². The van der Waals surface area contributed by atoms with Gasteiger partial charge in [-0.2, -0.15) is 0 Å². The molecule has 0 fully saturated rings. The van der Waals surface area contributed by atoms with E-state index in [1.807, 2.05) is 0 Å². The molecule has 0 bridgehead atoms. The monoisotopic (exact) mass is 1210 g/mol. The van der Waals surface area contributed by atoms with Crippen LogP contribution < -0.4 is 0 Å². The molecule has 82 heavy (non-hydrogen) atoms. The summed E-state index contributed by atoms with van der Waals surface area (Å²) >= 11 is 0. The number of carbonyl (C=O) groups excluding carboxylic acids is 4. The maximum Gasteiger partial charge on any atom is 0.472 e. The van der Waals surface area contributed by atoms with Gasteiger partial charge in [0.25, 0.3) is 0 Å². The highest BCUT2D eigenvalue weighted by atomic mass is 31.2. The molecule has 0 heterocycles. The SMILES string of the molecule is CCC(C)CCCCCCCCCCCCC(=O)O[C@H](COC(=O)CCCCCCCCC(C)C)COP(=O)(O)OC[C@@H](O)COP(=O)(O)OC[C@@H](COC(=O)CCCCCCCCC(C)C)OC(=O)CCCCCCCCCC(C)C. The average molecular weight is 1210 g/mol. The van der Waals surface area contributed by atoms with Crippen molar-refractivity contribution in [2.75, 3.05) is 39.6 Å². The van der Waals surface area contributed by atoms with Crippen LogP contribution in [0.1, 0.15) is 299 Å². The van der Waals surface area contributed by atoms with E-state index in [0.29, 0.717) is 43.4 Å². The third-order valence-electron chi connectivity index (χ3n) is 14.7. The number of phosphoric ester groups is 2. The van der Waals surface area contributed by atoms with E-state index in [2.05, 4.69) is 55.4 Å². The van der Waals surface area contributed by atoms with Gasteiger partial charge in [0.05, 0.1) is 26.4 Å². The van der Waals surface area contributed by atoms with Crippen molar-refractivity contribution in [3.63, 3.8) is 0 Å². The Balaban J connectivity index is 5.24. The number of rotatable bonds is 60. The van der Waals surface area contributed by atoms with Crippen LogP contribution in [-0.2, 0) is 65.4 Å². The molecule has 19 heteroatoms. The number of phosphoric acid groups is 2. The lowest BCUT2D eigenvalue weighted by atomic mass is 9.99. The van der Waals surface area contributed by atoms with Gasteiger partial charge in [0.2, 0.25) is 0 Å². The van der Waals surface area contributed by atoms with Crippen molar-refractivity contribution in [1.29, 1.82) is 0 Å². The van der Waals surface area contributed by atoms with E-state index in [9.17, 15) is 43.2 Å². The maximum atomic E-state index is 13.0. The van der Waals surface area contributed by atoms with Crippen molar-refractivity contribution >= 4 is 39.5 Å². The van der Waals surface area contributed by atoms with Gasteiger partial charge >= 0.3 is 39.5 Å². The van der Waals surface area contributed by atoms with Crippen molar-refractivity contribution in [3.8, 4) is 0 Å². The summed E-state index contributed by atoms with van der Waals surface area (Å²) < 4.78 is 67.9. The van der Waals surface area contributed by atoms with E-state index < -0.39 is 97.5 Å². The summed E-state index contributed by atoms with van der Waals surface area (Å²) in [4.78, 5) is 72.1. The molecule has 0 aliphatic carbocycles. The molecule has 0 aromatic rings. The standard InChI is InChI=1S/C63H122O17P2/c1-9-56(8)42-34-26-16-12-10-11-13-17-29-37-45-62(67)79-58(49-73-60(65)43-35-27-21-19-24-32-40-54(4)5)51-77-81(69,70)75-47-57(64)48-76-82(71,72)78-52-59(50-74-61(66)44-36-28-22-20-25-33-41-55(6)7)80-63(68)46-38-30-18-14-15-23-31-39-53(2)3/h53-59,64H,9-52H2,1-8H3,(H,69,70)(H,71,72)/t56?,57-,58-,59-/m1/s1. The highest BCUT2D eigenvalue weighted by molar-refractivity contribution is 7.47. The molecule has 0 aromatic heterocycles. The number of aliphatic hydroxyl groups excluding tert-OH is 1. The van der Waals surface area contributed by atoms with E-state index >= 15 is 0 Å². The van der Waals surface area contributed by atoms with Crippen molar-refractivity contribution in [2.24, 2.45) is 23.7 Å². The quantitative estimate of drug-likeness (QED) is 0.0222. The average Bonchev–Trinajstić information content (AvgIpc) is 3.42. The Hall–Kier alpha value is -1.94. The minimum atomic E-state index is -4.94. The predicted molar refractivity (Wildman–Crippen MR) is 326 cm³/mol. The Morgan fingerprint density at radius 3 is 0.866 bits per heavy atom. The first kappa shape index (κ1) is 80.1. The second-order valence-electron chi connectivity index (χ2n) is 24.5. The van der Waals surface area contributed by atoms with Gasteiger partial charge in [-0.05, 0) is 49.4 Å². The molecule has 0 saturated carbocycles. The maximum absolute atomic E-state index is 13.0. The Labute approximate surface area is 498 Å². The summed E-state index contributed by atoms with van der Waals surface area (Å²) in [7, 11) is -9.89. The van der Waals surface area contributed by atoms with Gasteiger partial charge in [0, 0.05) is 25.7 Å². The molecule has 3 N–H and O–H groups in total. The first-order chi connectivity index (χ1) is 39.1. The van der Waals surface area contributed by atoms with Crippen LogP contribution in [0.5, 0.6) is 0 Å². The number of aliphatic hydroxyl groups is 1. The smallest absolute Gasteiger partial charge is 0.462 e. The predicted octanol–water partition coefficient (Wildman–Crippen LogP) is 17.0. The summed E-state index contributed by atoms with van der Waals surface area (Å²) in [5.41, 5.74) is 0. The number of ether oxygens (including phenoxy) is 4. The molecular formula is C63H122O17P2. The van der Waals surface area contributed by atoms with Crippen LogP contribution in [0.4, 0.5) is 0 Å². The summed E-state index contributed by atoms with van der Waals surface area (Å²) in [5.74, 6) is 0.713. The zero-order valence-corrected chi connectivity index (χ0v) is 54.9. The molecule has 0 rings (SSSR count). The van der Waals surface area contributed by atoms with Crippen LogP contribution in [0.25, 0.3) is 0 Å². The van der Waals surface area contributed by atoms with Gasteiger partial charge in [-0.15, -0.1) is 0 Å². The van der Waals surface area contributed by atoms with Crippen LogP contribution in [0.15, 0.2) is 0 Å². The molecule has 6 atom stereocenters. The molecule has 486 valence electrons. The lowest BCUT2D eigenvalue weighted by molar-refractivity contribution is -0.161. The summed E-state index contributed by atoms with van der Waals surface area (Å²) in [6, 6.07) is 0. The number of esters is 4. The largest absolute Gasteiger partial charge is 0.472 e. The van der Waals surface area contributed by atoms with Crippen LogP contribution >= 0.6 is 15.6 Å². The van der Waals surface area contributed by atoms with Crippen LogP contribution in [0.2, 0.25) is 0 Å². The van der Waals surface area contributed by atoms with E-state index in [-0.39, 0.29) is 25.7 Å². The van der Waals surface area contributed by atoms with Crippen molar-refractivity contribution in [1.82, 2.24) is 0 Å². The summed E-state index contributed by atoms with van der Waals surface area (Å²) in [6.45, 7) is 13.9. The van der Waals surface area contributed by atoms with Crippen LogP contribution in [0, 0.1) is 23.7 Å². The fraction of sp³-hybridized carbons (Fsp3) is 0.937. The van der Waals surface area contributed by atoms with Crippen molar-refractivity contribution in [3.05, 3.63) is 0 Å². The number of carbonyl (C=O) groups is 4. The minimum absolute atomic E-state index is 0.102. The van der Waals surface area contributed by atoms with Gasteiger partial charge in [0.15, 0.2) is 12.2 Å². The highest BCUT2D eigenvalue weighted by Gasteiger charge is 2.30. The molecule has 0 aliphatic rings. The summed E-state index contributed by atoms with van der Waals surface area (Å²) in [6.07, 6.45) is 32.4. The molecule has 0 spiro atoms. The van der Waals surface area contributed by atoms with Gasteiger partial charge in [-0.25, -0.2) is 9.13 Å². The lowest BCUT2D eigenvalue weighted by Crippen LogP contribution is -2.30. The third-order valence-corrected chi connectivity index (χ3v) is 16.6. The Morgan fingerprint density at radius 2 is 0.585 bits per heavy atom. The van der Waals surface area contributed by atoms with Crippen LogP contribution in [-0.4, -0.2) is 96.7 Å². The van der Waals surface area contributed by atoms with Crippen molar-refractivity contribution in [2.45, 2.75) is 318 Å². The number of unbranched alkanes of at least 4 members (excludes halogenated alkanes) is 25. The number of hydrogen-bond donors (Lipinski definition) is 3. The first-order valence-corrected chi connectivity index (χ1v) is 35.7. The fourth-order valence-corrected chi connectivity index (χ4v) is 10.8. The summed E-state index contributed by atoms with van der Waals surface area (Å²) in [5, 5.41) is 10.5. The third kappa shape index (κ3) is 55.9. The lowest BCUT2D eigenvalue weighted by Gasteiger charge is -2.21. The molecule has 3 unspecified atom stereocenters. The molecule has 0 radical (unpaired) electrons. The van der Waals surface area contributed by atoms with Gasteiger partial charge in [-0.3, -0.25) is 37.3 Å². The van der Waals surface area contributed by atoms with E-state index in [4.69, 9.17) is 37.0 Å². The van der Waals surface area contributed by atoms with Crippen LogP contribution in [0.3, 0.4) is 0 Å². The fourth-order valence-electron chi connectivity index (χ4n) is 9.22. The van der Waals surface area contributed by atoms with E-state index in [1.54, 1.807) is 0 Å². The normalized spacial score (nSPS) is 14.8. The Morgan fingerprint density at radius 1 is 0.341 bits per heavy atom. The van der Waals surface area contributed by atoms with Crippen molar-refractivity contribution < 1.29 is 80.2 Å². The minimum Gasteiger partial charge on any atom is -0.462 e. The van der Waals surface area contributed by atoms with Gasteiger partial charge in [0.1, 0.15) is 19.3 Å². The Bertz CT molecular complexity index is 1650. The molecule has 0 aliphatic heterocycles. The second-order valence-corrected chi connectivity index (χ2v) is 27.4. The first-order valence-electron chi connectivity index (χ1n) is 32.7. The number of hydrogen-bond acceptors (Lipinski definition) is 15. The molecule has 17 nitrogen and oxygen atoms in total. The van der Waals surface area contributed by atoms with Gasteiger partial charge < -0.3 is 33.8 Å². The molecule has 0 amide bonds. The molecule has 0 aromatic carbocycles. The zero-order chi connectivity index (χ0) is 61.1. The Kier molecular flexibility index (Phi) is 52.0. The van der Waals surface area contributed by atoms with E-state index in [1.165, 1.54) is 89.9 Å². The van der Waals surface area contributed by atoms with Gasteiger partial charge in [-0.1, -0.05) is 248 Å². The molecule has 0 saturated heterocycles. The topological polar surface area (TPSA) is 237 Å². The zero-order valence-electron chi connectivity index (χ0n) is 53.1.